The number of carbonyl (C=O) groups excluding carboxylic acids is 1. The fourth-order valence-corrected chi connectivity index (χ4v) is 6.75. The Morgan fingerprint density at radius 3 is 2.53 bits per heavy atom. The topological polar surface area (TPSA) is 138 Å². The van der Waals surface area contributed by atoms with Crippen LogP contribution in [0.15, 0.2) is 41.3 Å². The third-order valence-electron chi connectivity index (χ3n) is 5.68. The van der Waals surface area contributed by atoms with Crippen molar-refractivity contribution in [3.05, 3.63) is 46.4 Å². The molecule has 0 atom stereocenters. The van der Waals surface area contributed by atoms with Gasteiger partial charge in [-0.15, -0.1) is 0 Å². The summed E-state index contributed by atoms with van der Waals surface area (Å²) in [6.45, 7) is 1.47. The van der Waals surface area contributed by atoms with Gasteiger partial charge in [0.2, 0.25) is 0 Å². The Kier molecular flexibility index (Phi) is 8.08. The molecule has 10 nitrogen and oxygen atoms in total. The van der Waals surface area contributed by atoms with Crippen molar-refractivity contribution in [3.8, 4) is 5.75 Å². The minimum absolute atomic E-state index is 0.0482. The second-order valence-corrected chi connectivity index (χ2v) is 11.4. The lowest BCUT2D eigenvalue weighted by atomic mass is 9.94. The highest BCUT2D eigenvalue weighted by Gasteiger charge is 2.25. The van der Waals surface area contributed by atoms with E-state index in [1.54, 1.807) is 6.07 Å². The highest BCUT2D eigenvalue weighted by molar-refractivity contribution is 7.87. The zero-order valence-electron chi connectivity index (χ0n) is 18.7. The van der Waals surface area contributed by atoms with E-state index in [0.717, 1.165) is 30.6 Å². The summed E-state index contributed by atoms with van der Waals surface area (Å²) in [5.74, 6) is 0.408. The van der Waals surface area contributed by atoms with Gasteiger partial charge in [0.25, 0.3) is 0 Å². The van der Waals surface area contributed by atoms with E-state index >= 15 is 0 Å². The van der Waals surface area contributed by atoms with Crippen molar-refractivity contribution < 1.29 is 27.3 Å². The number of carboxylic acid groups (broad SMARTS) is 1. The van der Waals surface area contributed by atoms with Crippen molar-refractivity contribution in [2.45, 2.75) is 24.2 Å². The van der Waals surface area contributed by atoms with Crippen molar-refractivity contribution in [2.24, 2.45) is 5.92 Å². The van der Waals surface area contributed by atoms with Gasteiger partial charge in [-0.05, 0) is 49.4 Å². The van der Waals surface area contributed by atoms with Crippen molar-refractivity contribution in [3.63, 3.8) is 0 Å². The van der Waals surface area contributed by atoms with Crippen LogP contribution in [0.2, 0.25) is 10.0 Å². The number of fused-ring (bicyclic) bond motifs is 1. The Labute approximate surface area is 221 Å². The maximum atomic E-state index is 12.7. The third kappa shape index (κ3) is 6.30. The van der Waals surface area contributed by atoms with Gasteiger partial charge in [-0.1, -0.05) is 40.6 Å². The average Bonchev–Trinajstić information content (AvgIpc) is 3.20. The van der Waals surface area contributed by atoms with Gasteiger partial charge in [0, 0.05) is 25.7 Å². The number of anilines is 1. The molecule has 36 heavy (non-hydrogen) atoms. The quantitative estimate of drug-likeness (QED) is 0.327. The number of hydrogen-bond acceptors (Lipinski definition) is 7. The number of thiazole rings is 1. The van der Waals surface area contributed by atoms with Crippen molar-refractivity contribution in [2.75, 3.05) is 25.0 Å². The summed E-state index contributed by atoms with van der Waals surface area (Å²) >= 11 is 13.2. The number of halogens is 2. The highest BCUT2D eigenvalue weighted by atomic mass is 35.5. The first kappa shape index (κ1) is 26.3. The van der Waals surface area contributed by atoms with Crippen LogP contribution in [0.3, 0.4) is 0 Å². The van der Waals surface area contributed by atoms with E-state index in [1.165, 1.54) is 35.2 Å². The minimum atomic E-state index is -4.27. The lowest BCUT2D eigenvalue weighted by Crippen LogP contribution is -2.38. The molecular weight excluding hydrogens is 551 g/mol. The van der Waals surface area contributed by atoms with Gasteiger partial charge in [0.15, 0.2) is 5.13 Å². The first-order valence-electron chi connectivity index (χ1n) is 10.9. The number of aromatic nitrogens is 1. The Bertz CT molecular complexity index is 1370. The van der Waals surface area contributed by atoms with E-state index in [0.29, 0.717) is 40.9 Å². The minimum Gasteiger partial charge on any atom is -0.465 e. The number of likely N-dealkylation sites (tertiary alicyclic amines) is 1. The Morgan fingerprint density at radius 1 is 1.17 bits per heavy atom. The van der Waals surface area contributed by atoms with Gasteiger partial charge < -0.3 is 19.5 Å². The van der Waals surface area contributed by atoms with E-state index in [-0.39, 0.29) is 20.7 Å². The molecule has 0 saturated carbocycles. The molecule has 0 spiro atoms. The van der Waals surface area contributed by atoms with Crippen molar-refractivity contribution >= 4 is 72.1 Å². The van der Waals surface area contributed by atoms with Crippen LogP contribution < -0.4 is 14.8 Å². The van der Waals surface area contributed by atoms with Gasteiger partial charge in [-0.2, -0.15) is 8.42 Å². The van der Waals surface area contributed by atoms with Crippen LogP contribution in [0, 0.1) is 5.92 Å². The lowest BCUT2D eigenvalue weighted by Gasteiger charge is -2.29. The van der Waals surface area contributed by atoms with Crippen LogP contribution in [0.1, 0.15) is 19.3 Å². The summed E-state index contributed by atoms with van der Waals surface area (Å²) in [6, 6.07) is 8.46. The highest BCUT2D eigenvalue weighted by Crippen LogP contribution is 2.34. The van der Waals surface area contributed by atoms with Crippen LogP contribution in [0.4, 0.5) is 14.7 Å². The number of piperidine rings is 1. The molecule has 4 rings (SSSR count). The predicted molar refractivity (Wildman–Crippen MR) is 138 cm³/mol. The zero-order chi connectivity index (χ0) is 25.9. The summed E-state index contributed by atoms with van der Waals surface area (Å²) in [5.41, 5.74) is 0.556. The van der Waals surface area contributed by atoms with Gasteiger partial charge in [0.05, 0.1) is 20.3 Å². The van der Waals surface area contributed by atoms with Crippen LogP contribution >= 0.6 is 34.5 Å². The normalized spacial score (nSPS) is 14.6. The summed E-state index contributed by atoms with van der Waals surface area (Å²) in [5, 5.41) is 14.7. The van der Waals surface area contributed by atoms with Gasteiger partial charge in [0.1, 0.15) is 10.6 Å². The molecule has 1 aromatic heterocycles. The molecule has 192 valence electrons. The number of hydrogen-bond donors (Lipinski definition) is 3. The van der Waals surface area contributed by atoms with E-state index in [1.807, 2.05) is 0 Å². The fraction of sp³-hybridized carbons (Fsp3) is 0.318. The number of benzene rings is 2. The molecule has 14 heteroatoms. The summed E-state index contributed by atoms with van der Waals surface area (Å²) in [7, 11) is -4.27. The molecule has 0 radical (unpaired) electrons. The van der Waals surface area contributed by atoms with E-state index in [2.05, 4.69) is 15.6 Å². The first-order chi connectivity index (χ1) is 17.1. The molecule has 0 unspecified atom stereocenters. The maximum absolute atomic E-state index is 12.7. The van der Waals surface area contributed by atoms with Crippen LogP contribution in [-0.4, -0.2) is 55.2 Å². The van der Waals surface area contributed by atoms with Crippen molar-refractivity contribution in [1.82, 2.24) is 15.2 Å². The largest absolute Gasteiger partial charge is 0.465 e. The number of nitrogens with one attached hydrogen (secondary N) is 2. The number of nitrogens with zero attached hydrogens (tertiary/aromatic N) is 2. The van der Waals surface area contributed by atoms with Gasteiger partial charge >= 0.3 is 22.2 Å². The SMILES string of the molecule is O=C(NCCC1CCN(C(=O)O)CC1)Nc1nc2ccc(OS(=O)(=O)c3c(Cl)cccc3Cl)cc2s1. The summed E-state index contributed by atoms with van der Waals surface area (Å²) < 4.78 is 31.2. The Hall–Kier alpha value is -2.80. The molecular formula is C22H22Cl2N4O6S2. The van der Waals surface area contributed by atoms with Crippen LogP contribution in [0.25, 0.3) is 10.2 Å². The monoisotopic (exact) mass is 572 g/mol. The molecule has 1 saturated heterocycles. The molecule has 0 aliphatic carbocycles. The van der Waals surface area contributed by atoms with E-state index < -0.39 is 22.2 Å². The van der Waals surface area contributed by atoms with Gasteiger partial charge in [-0.3, -0.25) is 5.32 Å². The van der Waals surface area contributed by atoms with Crippen LogP contribution in [-0.2, 0) is 10.1 Å². The number of rotatable bonds is 7. The fourth-order valence-electron chi connectivity index (χ4n) is 3.84. The molecule has 2 aromatic carbocycles. The molecule has 3 aromatic rings. The maximum Gasteiger partial charge on any atom is 0.407 e. The zero-order valence-corrected chi connectivity index (χ0v) is 21.9. The Balaban J connectivity index is 1.33. The van der Waals surface area contributed by atoms with Gasteiger partial charge in [-0.25, -0.2) is 14.6 Å². The molecule has 1 aliphatic rings. The second kappa shape index (κ2) is 11.1. The van der Waals surface area contributed by atoms with Crippen molar-refractivity contribution in [1.29, 1.82) is 0 Å². The van der Waals surface area contributed by atoms with E-state index in [4.69, 9.17) is 32.5 Å². The molecule has 2 heterocycles. The molecule has 3 N–H and O–H groups in total. The number of urea groups is 1. The standard InChI is InChI=1S/C22H22Cl2N4O6S2/c23-15-2-1-3-16(24)19(15)36(32,33)34-14-4-5-17-18(12-14)35-21(26-17)27-20(29)25-9-6-13-7-10-28(11-8-13)22(30)31/h1-5,12-13H,6-11H2,(H,30,31)(H2,25,26,27,29). The first-order valence-corrected chi connectivity index (χ1v) is 13.9. The Morgan fingerprint density at radius 2 is 1.86 bits per heavy atom. The molecule has 1 aliphatic heterocycles. The molecule has 0 bridgehead atoms. The molecule has 3 amide bonds. The number of amides is 3. The van der Waals surface area contributed by atoms with Crippen LogP contribution in [0.5, 0.6) is 5.75 Å². The second-order valence-electron chi connectivity index (χ2n) is 8.12. The number of carbonyl (C=O) groups is 2. The summed E-state index contributed by atoms with van der Waals surface area (Å²) in [6.07, 6.45) is 1.41. The third-order valence-corrected chi connectivity index (χ3v) is 8.82. The van der Waals surface area contributed by atoms with E-state index in [9.17, 15) is 18.0 Å². The predicted octanol–water partition coefficient (Wildman–Crippen LogP) is 5.27. The lowest BCUT2D eigenvalue weighted by molar-refractivity contribution is 0.123. The summed E-state index contributed by atoms with van der Waals surface area (Å²) in [4.78, 5) is 28.7. The molecule has 1 fully saturated rings. The average molecular weight is 573 g/mol. The smallest absolute Gasteiger partial charge is 0.407 e.